The molecule has 29 heavy (non-hydrogen) atoms. The molecule has 0 aliphatic carbocycles. The number of fused-ring (bicyclic) bond motifs is 1. The van der Waals surface area contributed by atoms with E-state index in [0.717, 1.165) is 36.4 Å². The Morgan fingerprint density at radius 1 is 1.00 bits per heavy atom. The van der Waals surface area contributed by atoms with E-state index in [1.165, 1.54) is 24.8 Å². The first kappa shape index (κ1) is 18.2. The molecule has 0 radical (unpaired) electrons. The number of benzene rings is 2. The second-order valence-electron chi connectivity index (χ2n) is 7.72. The van der Waals surface area contributed by atoms with Crippen molar-refractivity contribution in [1.29, 1.82) is 0 Å². The molecule has 1 saturated heterocycles. The second kappa shape index (κ2) is 8.25. The van der Waals surface area contributed by atoms with Crippen molar-refractivity contribution in [3.63, 3.8) is 0 Å². The lowest BCUT2D eigenvalue weighted by atomic mass is 9.96. The molecular weight excluding hydrogens is 366 g/mol. The van der Waals surface area contributed by atoms with Crippen LogP contribution in [0.3, 0.4) is 0 Å². The van der Waals surface area contributed by atoms with Crippen molar-refractivity contribution >= 4 is 0 Å². The summed E-state index contributed by atoms with van der Waals surface area (Å²) in [5.41, 5.74) is 2.28. The van der Waals surface area contributed by atoms with Crippen LogP contribution in [0.1, 0.15) is 37.1 Å². The highest BCUT2D eigenvalue weighted by Crippen LogP contribution is 2.35. The van der Waals surface area contributed by atoms with Gasteiger partial charge in [0.15, 0.2) is 11.5 Å². The Balaban J connectivity index is 1.25. The summed E-state index contributed by atoms with van der Waals surface area (Å²) in [6.07, 6.45) is 6.02. The minimum absolute atomic E-state index is 0.260. The molecule has 2 aromatic carbocycles. The Bertz CT molecular complexity index is 957. The van der Waals surface area contributed by atoms with Gasteiger partial charge in [0.2, 0.25) is 18.5 Å². The van der Waals surface area contributed by atoms with E-state index in [2.05, 4.69) is 45.4 Å². The van der Waals surface area contributed by atoms with Gasteiger partial charge in [-0.3, -0.25) is 4.90 Å². The van der Waals surface area contributed by atoms with Crippen LogP contribution in [0.5, 0.6) is 11.5 Å². The molecule has 2 aliphatic rings. The molecule has 1 aromatic heterocycles. The Hall–Kier alpha value is -2.86. The maximum atomic E-state index is 5.58. The molecule has 3 aromatic rings. The molecule has 2 aliphatic heterocycles. The van der Waals surface area contributed by atoms with Crippen LogP contribution in [0.2, 0.25) is 0 Å². The van der Waals surface area contributed by atoms with Crippen molar-refractivity contribution in [1.82, 2.24) is 15.0 Å². The molecule has 6 heteroatoms. The molecule has 0 amide bonds. The molecule has 0 saturated carbocycles. The van der Waals surface area contributed by atoms with Gasteiger partial charge in [0.25, 0.3) is 0 Å². The highest BCUT2D eigenvalue weighted by Gasteiger charge is 2.24. The average Bonchev–Trinajstić information content (AvgIpc) is 3.43. The molecule has 5 rings (SSSR count). The largest absolute Gasteiger partial charge is 0.454 e. The van der Waals surface area contributed by atoms with Crippen LogP contribution in [0.25, 0.3) is 11.4 Å². The van der Waals surface area contributed by atoms with E-state index in [1.807, 2.05) is 18.2 Å². The smallest absolute Gasteiger partial charge is 0.241 e. The van der Waals surface area contributed by atoms with E-state index in [1.54, 1.807) is 0 Å². The van der Waals surface area contributed by atoms with Gasteiger partial charge in [0.05, 0.1) is 6.54 Å². The first-order valence-corrected chi connectivity index (χ1v) is 10.4. The summed E-state index contributed by atoms with van der Waals surface area (Å²) >= 11 is 0. The summed E-state index contributed by atoms with van der Waals surface area (Å²) in [4.78, 5) is 7.14. The second-order valence-corrected chi connectivity index (χ2v) is 7.72. The number of ether oxygens (including phenoxy) is 2. The SMILES string of the molecule is c1ccc(CC[C@@H]2CCCCN2Cc2nc(-c3ccc4c(c3)OCO4)no2)cc1. The van der Waals surface area contributed by atoms with Crippen LogP contribution >= 0.6 is 0 Å². The molecule has 1 atom stereocenters. The zero-order valence-electron chi connectivity index (χ0n) is 16.4. The summed E-state index contributed by atoms with van der Waals surface area (Å²) < 4.78 is 16.4. The van der Waals surface area contributed by atoms with Gasteiger partial charge < -0.3 is 14.0 Å². The average molecular weight is 391 g/mol. The van der Waals surface area contributed by atoms with Crippen LogP contribution in [0, 0.1) is 0 Å². The lowest BCUT2D eigenvalue weighted by molar-refractivity contribution is 0.117. The van der Waals surface area contributed by atoms with Crippen molar-refractivity contribution in [3.8, 4) is 22.9 Å². The van der Waals surface area contributed by atoms with Gasteiger partial charge in [-0.25, -0.2) is 0 Å². The van der Waals surface area contributed by atoms with Crippen molar-refractivity contribution in [2.45, 2.75) is 44.7 Å². The zero-order chi connectivity index (χ0) is 19.5. The van der Waals surface area contributed by atoms with Gasteiger partial charge in [-0.2, -0.15) is 4.98 Å². The number of hydrogen-bond donors (Lipinski definition) is 0. The number of piperidine rings is 1. The molecule has 0 N–H and O–H groups in total. The van der Waals surface area contributed by atoms with Crippen LogP contribution in [-0.2, 0) is 13.0 Å². The monoisotopic (exact) mass is 391 g/mol. The van der Waals surface area contributed by atoms with Gasteiger partial charge in [-0.15, -0.1) is 0 Å². The third kappa shape index (κ3) is 4.12. The predicted molar refractivity (Wildman–Crippen MR) is 109 cm³/mol. The Morgan fingerprint density at radius 3 is 2.83 bits per heavy atom. The lowest BCUT2D eigenvalue weighted by Crippen LogP contribution is -2.39. The fourth-order valence-electron chi connectivity index (χ4n) is 4.22. The van der Waals surface area contributed by atoms with E-state index >= 15 is 0 Å². The van der Waals surface area contributed by atoms with Crippen LogP contribution < -0.4 is 9.47 Å². The highest BCUT2D eigenvalue weighted by atomic mass is 16.7. The molecular formula is C23H25N3O3. The fraction of sp³-hybridized carbons (Fsp3) is 0.391. The van der Waals surface area contributed by atoms with Crippen molar-refractivity contribution in [3.05, 3.63) is 60.0 Å². The third-order valence-corrected chi connectivity index (χ3v) is 5.80. The third-order valence-electron chi connectivity index (χ3n) is 5.80. The maximum Gasteiger partial charge on any atom is 0.241 e. The van der Waals surface area contributed by atoms with E-state index < -0.39 is 0 Å². The summed E-state index contributed by atoms with van der Waals surface area (Å²) in [5.74, 6) is 2.75. The van der Waals surface area contributed by atoms with Gasteiger partial charge in [0.1, 0.15) is 0 Å². The van der Waals surface area contributed by atoms with E-state index in [0.29, 0.717) is 24.3 Å². The number of nitrogens with zero attached hydrogens (tertiary/aromatic N) is 3. The van der Waals surface area contributed by atoms with E-state index in [9.17, 15) is 0 Å². The predicted octanol–water partition coefficient (Wildman–Crippen LogP) is 4.45. The van der Waals surface area contributed by atoms with Crippen LogP contribution in [-0.4, -0.2) is 34.4 Å². The minimum atomic E-state index is 0.260. The summed E-state index contributed by atoms with van der Waals surface area (Å²) in [6.45, 7) is 2.05. The zero-order valence-corrected chi connectivity index (χ0v) is 16.4. The van der Waals surface area contributed by atoms with Crippen LogP contribution in [0.15, 0.2) is 53.1 Å². The number of aryl methyl sites for hydroxylation is 1. The first-order valence-electron chi connectivity index (χ1n) is 10.4. The van der Waals surface area contributed by atoms with Crippen LogP contribution in [0.4, 0.5) is 0 Å². The minimum Gasteiger partial charge on any atom is -0.454 e. The van der Waals surface area contributed by atoms with Gasteiger partial charge >= 0.3 is 0 Å². The number of likely N-dealkylation sites (tertiary alicyclic amines) is 1. The molecule has 0 unspecified atom stereocenters. The maximum absolute atomic E-state index is 5.58. The van der Waals surface area contributed by atoms with Crippen molar-refractivity contribution < 1.29 is 14.0 Å². The van der Waals surface area contributed by atoms with Crippen molar-refractivity contribution in [2.24, 2.45) is 0 Å². The molecule has 3 heterocycles. The molecule has 150 valence electrons. The number of rotatable bonds is 6. The first-order chi connectivity index (χ1) is 14.3. The highest BCUT2D eigenvalue weighted by molar-refractivity contribution is 5.61. The molecule has 1 fully saturated rings. The summed E-state index contributed by atoms with van der Waals surface area (Å²) in [5, 5.41) is 4.19. The Kier molecular flexibility index (Phi) is 5.17. The normalized spacial score (nSPS) is 18.8. The molecule has 0 bridgehead atoms. The fourth-order valence-corrected chi connectivity index (χ4v) is 4.22. The topological polar surface area (TPSA) is 60.6 Å². The lowest BCUT2D eigenvalue weighted by Gasteiger charge is -2.34. The summed E-state index contributed by atoms with van der Waals surface area (Å²) in [7, 11) is 0. The molecule has 0 spiro atoms. The van der Waals surface area contributed by atoms with Gasteiger partial charge in [-0.1, -0.05) is 41.9 Å². The standard InChI is InChI=1S/C23H25N3O3/c1-2-6-17(7-3-1)9-11-19-8-4-5-13-26(19)15-22-24-23(25-29-22)18-10-12-20-21(14-18)28-16-27-20/h1-3,6-7,10,12,14,19H,4-5,8-9,11,13,15-16H2/t19-/m0/s1. The van der Waals surface area contributed by atoms with Gasteiger partial charge in [-0.05, 0) is 56.0 Å². The Labute approximate surface area is 170 Å². The summed E-state index contributed by atoms with van der Waals surface area (Å²) in [6, 6.07) is 17.0. The van der Waals surface area contributed by atoms with Crippen molar-refractivity contribution in [2.75, 3.05) is 13.3 Å². The van der Waals surface area contributed by atoms with E-state index in [-0.39, 0.29) is 6.79 Å². The Morgan fingerprint density at radius 2 is 1.90 bits per heavy atom. The van der Waals surface area contributed by atoms with Gasteiger partial charge in [0, 0.05) is 11.6 Å². The number of hydrogen-bond acceptors (Lipinski definition) is 6. The quantitative estimate of drug-likeness (QED) is 0.619. The van der Waals surface area contributed by atoms with E-state index in [4.69, 9.17) is 14.0 Å². The number of aromatic nitrogens is 2. The molecule has 6 nitrogen and oxygen atoms in total.